The topological polar surface area (TPSA) is 52.6 Å². The van der Waals surface area contributed by atoms with Crippen LogP contribution in [-0.4, -0.2) is 46.8 Å². The van der Waals surface area contributed by atoms with E-state index in [0.29, 0.717) is 5.69 Å². The van der Waals surface area contributed by atoms with Gasteiger partial charge in [0.2, 0.25) is 5.91 Å². The number of piperidine rings is 1. The van der Waals surface area contributed by atoms with Crippen LogP contribution in [0.4, 0.5) is 18.9 Å². The van der Waals surface area contributed by atoms with E-state index >= 15 is 0 Å². The molecule has 0 radical (unpaired) electrons. The maximum Gasteiger partial charge on any atom is 0.417 e. The molecular formula is C17H23F3N2O2. The highest BCUT2D eigenvalue weighted by atomic mass is 19.4. The number of amides is 1. The first-order chi connectivity index (χ1) is 11.0. The van der Waals surface area contributed by atoms with Gasteiger partial charge in [-0.15, -0.1) is 0 Å². The minimum absolute atomic E-state index is 0.0252. The second kappa shape index (κ2) is 6.72. The van der Waals surface area contributed by atoms with Crippen LogP contribution in [0.5, 0.6) is 0 Å². The lowest BCUT2D eigenvalue weighted by molar-refractivity contribution is -0.273. The van der Waals surface area contributed by atoms with Crippen LogP contribution in [0.3, 0.4) is 0 Å². The lowest BCUT2D eigenvalue weighted by Gasteiger charge is -2.40. The molecule has 0 bridgehead atoms. The molecule has 4 nitrogen and oxygen atoms in total. The molecule has 1 fully saturated rings. The molecule has 1 aliphatic rings. The van der Waals surface area contributed by atoms with Gasteiger partial charge in [-0.3, -0.25) is 9.69 Å². The molecule has 2 rings (SSSR count). The summed E-state index contributed by atoms with van der Waals surface area (Å²) in [7, 11) is 0. The fraction of sp³-hybridized carbons (Fsp3) is 0.588. The van der Waals surface area contributed by atoms with Crippen LogP contribution in [0.1, 0.15) is 30.9 Å². The summed E-state index contributed by atoms with van der Waals surface area (Å²) in [5, 5.41) is 12.5. The van der Waals surface area contributed by atoms with Crippen LogP contribution in [-0.2, 0) is 4.79 Å². The Morgan fingerprint density at radius 3 is 2.17 bits per heavy atom. The Morgan fingerprint density at radius 2 is 1.71 bits per heavy atom. The second-order valence-electron chi connectivity index (χ2n) is 6.61. The number of anilines is 1. The molecule has 2 N–H and O–H groups in total. The standard InChI is InChI=1S/C17H23F3N2O2/c1-11-8-12(2)10-14(9-11)21-15(23)13(3)22-6-4-16(24,5-7-22)17(18,19)20/h8-10,13,24H,4-7H2,1-3H3,(H,21,23). The van der Waals surface area contributed by atoms with Gasteiger partial charge in [0.15, 0.2) is 5.60 Å². The number of aliphatic hydroxyl groups is 1. The molecule has 0 aliphatic carbocycles. The number of benzene rings is 1. The van der Waals surface area contributed by atoms with Gasteiger partial charge in [0.1, 0.15) is 0 Å². The Labute approximate surface area is 139 Å². The molecule has 1 amide bonds. The van der Waals surface area contributed by atoms with Crippen LogP contribution >= 0.6 is 0 Å². The number of alkyl halides is 3. The highest BCUT2D eigenvalue weighted by Gasteiger charge is 2.54. The zero-order valence-electron chi connectivity index (χ0n) is 14.1. The first kappa shape index (κ1) is 18.7. The SMILES string of the molecule is Cc1cc(C)cc(NC(=O)C(C)N2CCC(O)(C(F)(F)F)CC2)c1. The summed E-state index contributed by atoms with van der Waals surface area (Å²) >= 11 is 0. The third-order valence-corrected chi connectivity index (χ3v) is 4.57. The van der Waals surface area contributed by atoms with E-state index in [1.165, 1.54) is 0 Å². The Bertz CT molecular complexity index is 588. The quantitative estimate of drug-likeness (QED) is 0.886. The van der Waals surface area contributed by atoms with Gasteiger partial charge in [-0.2, -0.15) is 13.2 Å². The van der Waals surface area contributed by atoms with Gasteiger partial charge in [-0.1, -0.05) is 6.07 Å². The van der Waals surface area contributed by atoms with E-state index in [0.717, 1.165) is 11.1 Å². The van der Waals surface area contributed by atoms with Crippen molar-refractivity contribution in [1.29, 1.82) is 0 Å². The lowest BCUT2D eigenvalue weighted by atomic mass is 9.90. The van der Waals surface area contributed by atoms with Crippen molar-refractivity contribution in [1.82, 2.24) is 4.90 Å². The fourth-order valence-electron chi connectivity index (χ4n) is 3.02. The van der Waals surface area contributed by atoms with E-state index in [1.807, 2.05) is 32.0 Å². The zero-order chi connectivity index (χ0) is 18.1. The van der Waals surface area contributed by atoms with Crippen molar-refractivity contribution in [2.24, 2.45) is 0 Å². The molecule has 7 heteroatoms. The average molecular weight is 344 g/mol. The van der Waals surface area contributed by atoms with Gasteiger partial charge < -0.3 is 10.4 Å². The van der Waals surface area contributed by atoms with Crippen LogP contribution in [0.15, 0.2) is 18.2 Å². The maximum absolute atomic E-state index is 12.8. The third-order valence-electron chi connectivity index (χ3n) is 4.57. The van der Waals surface area contributed by atoms with Crippen LogP contribution in [0, 0.1) is 13.8 Å². The predicted molar refractivity (Wildman–Crippen MR) is 85.8 cm³/mol. The minimum Gasteiger partial charge on any atom is -0.380 e. The normalized spacial score (nSPS) is 19.8. The summed E-state index contributed by atoms with van der Waals surface area (Å²) in [6.45, 7) is 5.56. The zero-order valence-corrected chi connectivity index (χ0v) is 14.1. The Morgan fingerprint density at radius 1 is 1.21 bits per heavy atom. The minimum atomic E-state index is -4.64. The molecule has 1 heterocycles. The lowest BCUT2D eigenvalue weighted by Crippen LogP contribution is -2.56. The first-order valence-electron chi connectivity index (χ1n) is 7.94. The summed E-state index contributed by atoms with van der Waals surface area (Å²) < 4.78 is 38.5. The molecular weight excluding hydrogens is 321 g/mol. The smallest absolute Gasteiger partial charge is 0.380 e. The number of carbonyl (C=O) groups excluding carboxylic acids is 1. The Hall–Kier alpha value is -1.60. The molecule has 134 valence electrons. The number of halogens is 3. The van der Waals surface area contributed by atoms with Crippen molar-refractivity contribution in [3.63, 3.8) is 0 Å². The summed E-state index contributed by atoms with van der Waals surface area (Å²) in [6.07, 6.45) is -5.47. The molecule has 1 saturated heterocycles. The van der Waals surface area contributed by atoms with Crippen molar-refractivity contribution in [2.45, 2.75) is 51.4 Å². The first-order valence-corrected chi connectivity index (χ1v) is 7.94. The van der Waals surface area contributed by atoms with Gasteiger partial charge in [0, 0.05) is 18.8 Å². The van der Waals surface area contributed by atoms with Gasteiger partial charge in [-0.25, -0.2) is 0 Å². The summed E-state index contributed by atoms with van der Waals surface area (Å²) in [4.78, 5) is 14.0. The molecule has 1 aliphatic heterocycles. The van der Waals surface area contributed by atoms with E-state index in [2.05, 4.69) is 5.32 Å². The van der Waals surface area contributed by atoms with E-state index in [4.69, 9.17) is 0 Å². The van der Waals surface area contributed by atoms with Crippen LogP contribution in [0.2, 0.25) is 0 Å². The van der Waals surface area contributed by atoms with Gasteiger partial charge in [0.25, 0.3) is 0 Å². The van der Waals surface area contributed by atoms with Gasteiger partial charge in [-0.05, 0) is 56.9 Å². The molecule has 1 aromatic rings. The summed E-state index contributed by atoms with van der Waals surface area (Å²) in [6, 6.07) is 5.11. The summed E-state index contributed by atoms with van der Waals surface area (Å²) in [5.41, 5.74) is 0.0679. The summed E-state index contributed by atoms with van der Waals surface area (Å²) in [5.74, 6) is -0.266. The van der Waals surface area contributed by atoms with Crippen molar-refractivity contribution in [2.75, 3.05) is 18.4 Å². The van der Waals surface area contributed by atoms with Crippen molar-refractivity contribution >= 4 is 11.6 Å². The molecule has 1 unspecified atom stereocenters. The number of nitrogens with one attached hydrogen (secondary N) is 1. The van der Waals surface area contributed by atoms with Crippen molar-refractivity contribution < 1.29 is 23.1 Å². The number of hydrogen-bond donors (Lipinski definition) is 2. The Balaban J connectivity index is 1.97. The third kappa shape index (κ3) is 4.08. The predicted octanol–water partition coefficient (Wildman–Crippen LogP) is 3.02. The van der Waals surface area contributed by atoms with Crippen LogP contribution < -0.4 is 5.32 Å². The van der Waals surface area contributed by atoms with Crippen LogP contribution in [0.25, 0.3) is 0 Å². The molecule has 1 atom stereocenters. The molecule has 0 saturated carbocycles. The van der Waals surface area contributed by atoms with Gasteiger partial charge >= 0.3 is 6.18 Å². The van der Waals surface area contributed by atoms with Crippen molar-refractivity contribution in [3.05, 3.63) is 29.3 Å². The number of aryl methyl sites for hydroxylation is 2. The maximum atomic E-state index is 12.8. The van der Waals surface area contributed by atoms with E-state index < -0.39 is 30.7 Å². The largest absolute Gasteiger partial charge is 0.417 e. The average Bonchev–Trinajstić information content (AvgIpc) is 2.45. The number of likely N-dealkylation sites (tertiary alicyclic amines) is 1. The molecule has 0 spiro atoms. The van der Waals surface area contributed by atoms with E-state index in [1.54, 1.807) is 11.8 Å². The van der Waals surface area contributed by atoms with E-state index in [9.17, 15) is 23.1 Å². The van der Waals surface area contributed by atoms with Gasteiger partial charge in [0.05, 0.1) is 6.04 Å². The molecule has 24 heavy (non-hydrogen) atoms. The Kier molecular flexibility index (Phi) is 5.25. The van der Waals surface area contributed by atoms with E-state index in [-0.39, 0.29) is 19.0 Å². The monoisotopic (exact) mass is 344 g/mol. The molecule has 1 aromatic carbocycles. The number of hydrogen-bond acceptors (Lipinski definition) is 3. The number of carbonyl (C=O) groups is 1. The molecule has 0 aromatic heterocycles. The highest BCUT2D eigenvalue weighted by molar-refractivity contribution is 5.94. The number of rotatable bonds is 3. The highest BCUT2D eigenvalue weighted by Crippen LogP contribution is 2.38. The number of nitrogens with zero attached hydrogens (tertiary/aromatic N) is 1. The second-order valence-corrected chi connectivity index (χ2v) is 6.61. The fourth-order valence-corrected chi connectivity index (χ4v) is 3.02. The van der Waals surface area contributed by atoms with Crippen molar-refractivity contribution in [3.8, 4) is 0 Å².